The Kier molecular flexibility index (Phi) is 5.06. The zero-order valence-corrected chi connectivity index (χ0v) is 18.8. The lowest BCUT2D eigenvalue weighted by Crippen LogP contribution is -2.52. The number of hydrogen-bond donors (Lipinski definition) is 1. The summed E-state index contributed by atoms with van der Waals surface area (Å²) in [4.78, 5) is 29.3. The third-order valence-corrected chi connectivity index (χ3v) is 7.24. The first-order valence-corrected chi connectivity index (χ1v) is 11.3. The molecule has 0 spiro atoms. The predicted molar refractivity (Wildman–Crippen MR) is 117 cm³/mol. The highest BCUT2D eigenvalue weighted by Crippen LogP contribution is 2.42. The minimum absolute atomic E-state index is 0.0195. The van der Waals surface area contributed by atoms with Crippen LogP contribution in [0, 0.1) is 11.6 Å². The van der Waals surface area contributed by atoms with Gasteiger partial charge in [-0.25, -0.2) is 18.4 Å². The van der Waals surface area contributed by atoms with E-state index in [1.165, 1.54) is 6.07 Å². The molecule has 33 heavy (non-hydrogen) atoms. The lowest BCUT2D eigenvalue weighted by molar-refractivity contribution is 0.0718. The third kappa shape index (κ3) is 3.52. The number of aromatic nitrogens is 2. The maximum absolute atomic E-state index is 13.7. The van der Waals surface area contributed by atoms with Crippen LogP contribution in [0.2, 0.25) is 0 Å². The Morgan fingerprint density at radius 1 is 1.18 bits per heavy atom. The van der Waals surface area contributed by atoms with Gasteiger partial charge in [0.25, 0.3) is 0 Å². The van der Waals surface area contributed by atoms with Crippen molar-refractivity contribution in [2.24, 2.45) is 0 Å². The largest absolute Gasteiger partial charge is 0.441 e. The molecule has 2 aliphatic heterocycles. The minimum atomic E-state index is -1.02. The number of urea groups is 1. The molecule has 1 aliphatic carbocycles. The zero-order valence-electron chi connectivity index (χ0n) is 18.8. The van der Waals surface area contributed by atoms with E-state index in [1.54, 1.807) is 16.0 Å². The summed E-state index contributed by atoms with van der Waals surface area (Å²) in [6, 6.07) is 2.58. The first-order chi connectivity index (χ1) is 15.7. The maximum atomic E-state index is 13.7. The highest BCUT2D eigenvalue weighted by atomic mass is 19.2. The van der Waals surface area contributed by atoms with Crippen LogP contribution in [0.25, 0.3) is 0 Å². The lowest BCUT2D eigenvalue weighted by atomic mass is 9.87. The SMILES string of the molecule is CC1N(c2cnn3c2CN(C(=O)Nc2ccc(F)c(F)c2)C2CCCCC23)C(=O)OC1(C)C. The molecule has 0 radical (unpaired) electrons. The van der Waals surface area contributed by atoms with Crippen LogP contribution in [0.3, 0.4) is 0 Å². The molecule has 3 heterocycles. The van der Waals surface area contributed by atoms with Gasteiger partial charge >= 0.3 is 12.1 Å². The van der Waals surface area contributed by atoms with E-state index in [4.69, 9.17) is 4.74 Å². The van der Waals surface area contributed by atoms with E-state index in [-0.39, 0.29) is 30.4 Å². The molecule has 3 amide bonds. The van der Waals surface area contributed by atoms with E-state index in [1.807, 2.05) is 25.5 Å². The van der Waals surface area contributed by atoms with E-state index >= 15 is 0 Å². The Hall–Kier alpha value is -3.17. The molecule has 2 fully saturated rings. The van der Waals surface area contributed by atoms with Crippen LogP contribution >= 0.6 is 0 Å². The number of anilines is 2. The Bertz CT molecular complexity index is 1120. The van der Waals surface area contributed by atoms with Gasteiger partial charge in [-0.3, -0.25) is 9.58 Å². The highest BCUT2D eigenvalue weighted by Gasteiger charge is 2.49. The number of benzene rings is 1. The summed E-state index contributed by atoms with van der Waals surface area (Å²) in [5.74, 6) is -1.99. The summed E-state index contributed by atoms with van der Waals surface area (Å²) >= 11 is 0. The second-order valence-electron chi connectivity index (χ2n) is 9.54. The molecule has 176 valence electrons. The van der Waals surface area contributed by atoms with Gasteiger partial charge in [0.05, 0.1) is 42.2 Å². The van der Waals surface area contributed by atoms with E-state index in [2.05, 4.69) is 10.4 Å². The van der Waals surface area contributed by atoms with E-state index in [0.29, 0.717) is 5.69 Å². The van der Waals surface area contributed by atoms with Crippen molar-refractivity contribution < 1.29 is 23.1 Å². The van der Waals surface area contributed by atoms with Crippen LogP contribution in [0.1, 0.15) is 58.2 Å². The van der Waals surface area contributed by atoms with Gasteiger partial charge in [0.15, 0.2) is 11.6 Å². The average Bonchev–Trinajstić information content (AvgIpc) is 3.27. The summed E-state index contributed by atoms with van der Waals surface area (Å²) in [5, 5.41) is 7.32. The van der Waals surface area contributed by atoms with Crippen molar-refractivity contribution in [2.75, 3.05) is 10.2 Å². The second-order valence-corrected chi connectivity index (χ2v) is 9.54. The predicted octanol–water partition coefficient (Wildman–Crippen LogP) is 4.82. The number of nitrogens with zero attached hydrogens (tertiary/aromatic N) is 4. The van der Waals surface area contributed by atoms with Crippen LogP contribution in [0.15, 0.2) is 24.4 Å². The summed E-state index contributed by atoms with van der Waals surface area (Å²) in [5.41, 5.74) is 0.925. The topological polar surface area (TPSA) is 79.7 Å². The van der Waals surface area contributed by atoms with Crippen LogP contribution in [0.4, 0.5) is 29.7 Å². The molecular weight excluding hydrogens is 432 g/mol. The van der Waals surface area contributed by atoms with Gasteiger partial charge in [-0.1, -0.05) is 12.8 Å². The Morgan fingerprint density at radius 2 is 1.91 bits per heavy atom. The molecule has 5 rings (SSSR count). The van der Waals surface area contributed by atoms with Crippen molar-refractivity contribution in [1.29, 1.82) is 0 Å². The third-order valence-electron chi connectivity index (χ3n) is 7.24. The fourth-order valence-electron chi connectivity index (χ4n) is 5.17. The first kappa shape index (κ1) is 21.7. The number of amides is 3. The summed E-state index contributed by atoms with van der Waals surface area (Å²) in [6.45, 7) is 5.90. The molecule has 1 aromatic heterocycles. The van der Waals surface area contributed by atoms with Gasteiger partial charge in [0, 0.05) is 11.8 Å². The molecule has 1 saturated heterocycles. The lowest BCUT2D eigenvalue weighted by Gasteiger charge is -2.44. The van der Waals surface area contributed by atoms with Gasteiger partial charge in [-0.15, -0.1) is 0 Å². The van der Waals surface area contributed by atoms with Gasteiger partial charge in [-0.05, 0) is 45.7 Å². The Morgan fingerprint density at radius 3 is 2.58 bits per heavy atom. The molecule has 2 aromatic rings. The number of ether oxygens (including phenoxy) is 1. The van der Waals surface area contributed by atoms with Gasteiger partial charge in [0.1, 0.15) is 5.60 Å². The van der Waals surface area contributed by atoms with E-state index < -0.39 is 29.4 Å². The molecule has 8 nitrogen and oxygen atoms in total. The maximum Gasteiger partial charge on any atom is 0.415 e. The number of cyclic esters (lactones) is 1. The van der Waals surface area contributed by atoms with Crippen LogP contribution in [-0.4, -0.2) is 44.5 Å². The van der Waals surface area contributed by atoms with Gasteiger partial charge in [0.2, 0.25) is 0 Å². The Labute approximate surface area is 190 Å². The number of rotatable bonds is 2. The summed E-state index contributed by atoms with van der Waals surface area (Å²) in [7, 11) is 0. The number of fused-ring (bicyclic) bond motifs is 3. The number of carbonyl (C=O) groups excluding carboxylic acids is 2. The normalized spacial score (nSPS) is 26.0. The van der Waals surface area contributed by atoms with E-state index in [9.17, 15) is 18.4 Å². The van der Waals surface area contributed by atoms with Crippen LogP contribution in [0.5, 0.6) is 0 Å². The molecule has 3 aliphatic rings. The minimum Gasteiger partial charge on any atom is -0.441 e. The molecular formula is C23H27F2N5O3. The second kappa shape index (κ2) is 7.71. The zero-order chi connectivity index (χ0) is 23.5. The first-order valence-electron chi connectivity index (χ1n) is 11.3. The number of hydrogen-bond acceptors (Lipinski definition) is 4. The van der Waals surface area contributed by atoms with Crippen molar-refractivity contribution >= 4 is 23.5 Å². The van der Waals surface area contributed by atoms with Crippen molar-refractivity contribution in [3.63, 3.8) is 0 Å². The fourth-order valence-corrected chi connectivity index (χ4v) is 5.17. The quantitative estimate of drug-likeness (QED) is 0.699. The van der Waals surface area contributed by atoms with Crippen LogP contribution < -0.4 is 10.2 Å². The molecule has 10 heteroatoms. The van der Waals surface area contributed by atoms with Crippen LogP contribution in [-0.2, 0) is 11.3 Å². The number of nitrogens with one attached hydrogen (secondary N) is 1. The number of carbonyl (C=O) groups is 2. The Balaban J connectivity index is 1.48. The fraction of sp³-hybridized carbons (Fsp3) is 0.522. The number of halogens is 2. The highest BCUT2D eigenvalue weighted by molar-refractivity contribution is 5.92. The van der Waals surface area contributed by atoms with Crippen molar-refractivity contribution in [3.8, 4) is 0 Å². The standard InChI is InChI=1S/C23H27F2N5O3/c1-13-23(2,3)33-22(32)29(13)19-11-26-30-18-7-5-4-6-17(18)28(12-20(19)30)21(31)27-14-8-9-15(24)16(25)10-14/h8-11,13,17-18H,4-7,12H2,1-3H3,(H,27,31). The van der Waals surface area contributed by atoms with E-state index in [0.717, 1.165) is 43.5 Å². The molecule has 3 atom stereocenters. The summed E-state index contributed by atoms with van der Waals surface area (Å²) < 4.78 is 34.5. The smallest absolute Gasteiger partial charge is 0.415 e. The van der Waals surface area contributed by atoms with Gasteiger partial charge < -0.3 is 15.0 Å². The van der Waals surface area contributed by atoms with Gasteiger partial charge in [-0.2, -0.15) is 5.10 Å². The van der Waals surface area contributed by atoms with Crippen molar-refractivity contribution in [3.05, 3.63) is 41.7 Å². The van der Waals surface area contributed by atoms with Crippen molar-refractivity contribution in [1.82, 2.24) is 14.7 Å². The molecule has 1 N–H and O–H groups in total. The monoisotopic (exact) mass is 459 g/mol. The molecule has 1 aromatic carbocycles. The average molecular weight is 459 g/mol. The molecule has 1 saturated carbocycles. The van der Waals surface area contributed by atoms with Crippen molar-refractivity contribution in [2.45, 2.75) is 76.7 Å². The molecule has 3 unspecified atom stereocenters. The molecule has 0 bridgehead atoms. The summed E-state index contributed by atoms with van der Waals surface area (Å²) in [6.07, 6.45) is 4.93.